The molecular weight excluding hydrogens is 206 g/mol. The maximum atomic E-state index is 10.7. The molecule has 1 fully saturated rings. The minimum absolute atomic E-state index is 0.208. The Morgan fingerprint density at radius 2 is 2.38 bits per heavy atom. The number of hydrogen-bond donors (Lipinski definition) is 2. The Kier molecular flexibility index (Phi) is 2.90. The monoisotopic (exact) mass is 225 g/mol. The predicted octanol–water partition coefficient (Wildman–Crippen LogP) is 0.468. The maximum Gasteiger partial charge on any atom is 0.163 e. The molecule has 1 aromatic heterocycles. The third-order valence-electron chi connectivity index (χ3n) is 3.30. The summed E-state index contributed by atoms with van der Waals surface area (Å²) in [5.74, 6) is 0.870. The first-order valence-electron chi connectivity index (χ1n) is 5.70. The largest absolute Gasteiger partial charge is 0.493 e. The number of rotatable bonds is 5. The standard InChI is InChI=1S/C11H19N3O2/c1-3-14-10(9(16-2)6-13-14)11(15,7-12)8-4-5-8/h6,8,15H,3-5,7,12H2,1-2H3. The van der Waals surface area contributed by atoms with Gasteiger partial charge in [0.2, 0.25) is 0 Å². The number of ether oxygens (including phenoxy) is 1. The van der Waals surface area contributed by atoms with E-state index in [2.05, 4.69) is 5.10 Å². The Balaban J connectivity index is 2.46. The molecule has 0 aromatic carbocycles. The summed E-state index contributed by atoms with van der Waals surface area (Å²) in [5, 5.41) is 14.9. The molecule has 1 unspecified atom stereocenters. The molecule has 1 atom stereocenters. The third kappa shape index (κ3) is 1.60. The average Bonchev–Trinajstić information content (AvgIpc) is 3.08. The van der Waals surface area contributed by atoms with Crippen LogP contribution in [0.3, 0.4) is 0 Å². The van der Waals surface area contributed by atoms with Crippen LogP contribution in [0.1, 0.15) is 25.5 Å². The highest BCUT2D eigenvalue weighted by molar-refractivity contribution is 5.33. The van der Waals surface area contributed by atoms with Crippen LogP contribution in [0.4, 0.5) is 0 Å². The lowest BCUT2D eigenvalue weighted by Crippen LogP contribution is -2.39. The number of hydrogen-bond acceptors (Lipinski definition) is 4. The smallest absolute Gasteiger partial charge is 0.163 e. The first-order chi connectivity index (χ1) is 7.67. The Labute approximate surface area is 95.2 Å². The number of nitrogens with zero attached hydrogens (tertiary/aromatic N) is 2. The molecule has 1 aliphatic rings. The van der Waals surface area contributed by atoms with E-state index in [1.165, 1.54) is 0 Å². The summed E-state index contributed by atoms with van der Waals surface area (Å²) in [6.45, 7) is 2.90. The normalized spacial score (nSPS) is 19.5. The average molecular weight is 225 g/mol. The fourth-order valence-electron chi connectivity index (χ4n) is 2.21. The SMILES string of the molecule is CCn1ncc(OC)c1C(O)(CN)C1CC1. The second kappa shape index (κ2) is 4.07. The van der Waals surface area contributed by atoms with Gasteiger partial charge in [0.25, 0.3) is 0 Å². The van der Waals surface area contributed by atoms with Gasteiger partial charge in [-0.1, -0.05) is 0 Å². The minimum atomic E-state index is -0.988. The van der Waals surface area contributed by atoms with Gasteiger partial charge in [-0.3, -0.25) is 4.68 Å². The van der Waals surface area contributed by atoms with Crippen molar-refractivity contribution < 1.29 is 9.84 Å². The molecule has 1 saturated carbocycles. The van der Waals surface area contributed by atoms with Gasteiger partial charge in [0.1, 0.15) is 11.3 Å². The van der Waals surface area contributed by atoms with E-state index >= 15 is 0 Å². The quantitative estimate of drug-likeness (QED) is 0.764. The fraction of sp³-hybridized carbons (Fsp3) is 0.727. The molecule has 5 nitrogen and oxygen atoms in total. The molecule has 1 aliphatic carbocycles. The van der Waals surface area contributed by atoms with Gasteiger partial charge in [0.05, 0.1) is 13.3 Å². The zero-order chi connectivity index (χ0) is 11.8. The van der Waals surface area contributed by atoms with E-state index in [-0.39, 0.29) is 12.5 Å². The molecule has 0 bridgehead atoms. The van der Waals surface area contributed by atoms with Crippen molar-refractivity contribution >= 4 is 0 Å². The lowest BCUT2D eigenvalue weighted by atomic mass is 9.93. The van der Waals surface area contributed by atoms with Crippen LogP contribution in [-0.2, 0) is 12.1 Å². The number of aryl methyl sites for hydroxylation is 1. The van der Waals surface area contributed by atoms with Crippen molar-refractivity contribution in [3.8, 4) is 5.75 Å². The summed E-state index contributed by atoms with van der Waals surface area (Å²) >= 11 is 0. The van der Waals surface area contributed by atoms with E-state index in [1.807, 2.05) is 6.92 Å². The molecule has 16 heavy (non-hydrogen) atoms. The first kappa shape index (κ1) is 11.4. The Morgan fingerprint density at radius 1 is 1.69 bits per heavy atom. The Bertz CT molecular complexity index is 352. The van der Waals surface area contributed by atoms with Gasteiger partial charge in [0.15, 0.2) is 5.75 Å². The molecule has 3 N–H and O–H groups in total. The summed E-state index contributed by atoms with van der Waals surface area (Å²) in [7, 11) is 1.59. The van der Waals surface area contributed by atoms with Crippen LogP contribution in [0.5, 0.6) is 5.75 Å². The van der Waals surface area contributed by atoms with Gasteiger partial charge >= 0.3 is 0 Å². The van der Waals surface area contributed by atoms with Crippen molar-refractivity contribution in [2.24, 2.45) is 11.7 Å². The highest BCUT2D eigenvalue weighted by Gasteiger charge is 2.47. The minimum Gasteiger partial charge on any atom is -0.493 e. The summed E-state index contributed by atoms with van der Waals surface area (Å²) in [4.78, 5) is 0. The lowest BCUT2D eigenvalue weighted by molar-refractivity contribution is 0.0112. The van der Waals surface area contributed by atoms with E-state index in [4.69, 9.17) is 10.5 Å². The second-order valence-corrected chi connectivity index (χ2v) is 4.28. The van der Waals surface area contributed by atoms with Gasteiger partial charge in [-0.15, -0.1) is 0 Å². The molecule has 0 aliphatic heterocycles. The van der Waals surface area contributed by atoms with Crippen LogP contribution in [-0.4, -0.2) is 28.5 Å². The van der Waals surface area contributed by atoms with Crippen LogP contribution in [0.25, 0.3) is 0 Å². The van der Waals surface area contributed by atoms with Crippen molar-refractivity contribution in [3.63, 3.8) is 0 Å². The van der Waals surface area contributed by atoms with Crippen LogP contribution in [0.2, 0.25) is 0 Å². The Hall–Kier alpha value is -1.07. The molecule has 0 spiro atoms. The van der Waals surface area contributed by atoms with Gasteiger partial charge in [-0.05, 0) is 25.7 Å². The molecule has 90 valence electrons. The van der Waals surface area contributed by atoms with E-state index in [9.17, 15) is 5.11 Å². The zero-order valence-electron chi connectivity index (χ0n) is 9.81. The highest BCUT2D eigenvalue weighted by atomic mass is 16.5. The molecular formula is C11H19N3O2. The van der Waals surface area contributed by atoms with Gasteiger partial charge in [-0.2, -0.15) is 5.10 Å². The number of aliphatic hydroxyl groups is 1. The lowest BCUT2D eigenvalue weighted by Gasteiger charge is -2.28. The van der Waals surface area contributed by atoms with Gasteiger partial charge in [-0.25, -0.2) is 0 Å². The molecule has 0 radical (unpaired) electrons. The first-order valence-corrected chi connectivity index (χ1v) is 5.70. The zero-order valence-corrected chi connectivity index (χ0v) is 9.81. The van der Waals surface area contributed by atoms with E-state index in [0.717, 1.165) is 18.5 Å². The fourth-order valence-corrected chi connectivity index (χ4v) is 2.21. The van der Waals surface area contributed by atoms with Crippen LogP contribution >= 0.6 is 0 Å². The summed E-state index contributed by atoms with van der Waals surface area (Å²) in [6.07, 6.45) is 3.68. The van der Waals surface area contributed by atoms with Crippen molar-refractivity contribution in [1.29, 1.82) is 0 Å². The number of nitrogens with two attached hydrogens (primary N) is 1. The maximum absolute atomic E-state index is 10.7. The number of methoxy groups -OCH3 is 1. The van der Waals surface area contributed by atoms with Crippen LogP contribution in [0.15, 0.2) is 6.20 Å². The van der Waals surface area contributed by atoms with E-state index in [0.29, 0.717) is 12.3 Å². The van der Waals surface area contributed by atoms with Crippen molar-refractivity contribution in [2.45, 2.75) is 31.9 Å². The van der Waals surface area contributed by atoms with E-state index < -0.39 is 5.60 Å². The summed E-state index contributed by atoms with van der Waals surface area (Å²) < 4.78 is 7.02. The highest BCUT2D eigenvalue weighted by Crippen LogP contribution is 2.47. The predicted molar refractivity (Wildman–Crippen MR) is 60.1 cm³/mol. The Morgan fingerprint density at radius 3 is 2.81 bits per heavy atom. The third-order valence-corrected chi connectivity index (χ3v) is 3.30. The molecule has 0 saturated heterocycles. The van der Waals surface area contributed by atoms with Crippen LogP contribution < -0.4 is 10.5 Å². The molecule has 1 aromatic rings. The van der Waals surface area contributed by atoms with Crippen molar-refractivity contribution in [3.05, 3.63) is 11.9 Å². The van der Waals surface area contributed by atoms with E-state index in [1.54, 1.807) is 18.0 Å². The molecule has 2 rings (SSSR count). The van der Waals surface area contributed by atoms with Crippen molar-refractivity contribution in [2.75, 3.05) is 13.7 Å². The molecule has 0 amide bonds. The van der Waals surface area contributed by atoms with Crippen LogP contribution in [0, 0.1) is 5.92 Å². The summed E-state index contributed by atoms with van der Waals surface area (Å²) in [5.41, 5.74) is 5.48. The summed E-state index contributed by atoms with van der Waals surface area (Å²) in [6, 6.07) is 0. The molecule has 1 heterocycles. The van der Waals surface area contributed by atoms with Crippen molar-refractivity contribution in [1.82, 2.24) is 9.78 Å². The topological polar surface area (TPSA) is 73.3 Å². The second-order valence-electron chi connectivity index (χ2n) is 4.28. The van der Waals surface area contributed by atoms with Gasteiger partial charge in [0, 0.05) is 13.1 Å². The number of aromatic nitrogens is 2. The molecule has 5 heteroatoms. The van der Waals surface area contributed by atoms with Gasteiger partial charge < -0.3 is 15.6 Å².